The molecule has 0 aliphatic carbocycles. The van der Waals surface area contributed by atoms with Crippen molar-refractivity contribution < 1.29 is 4.79 Å². The monoisotopic (exact) mass is 372 g/mol. The largest absolute Gasteiger partial charge is 0.352 e. The predicted octanol–water partition coefficient (Wildman–Crippen LogP) is 4.12. The zero-order valence-corrected chi connectivity index (χ0v) is 13.5. The molecule has 0 bridgehead atoms. The molecule has 2 rings (SSSR count). The second kappa shape index (κ2) is 7.07. The van der Waals surface area contributed by atoms with Crippen molar-refractivity contribution in [2.45, 2.75) is 6.42 Å². The molecular formula is C14H11BrCl2N2O. The van der Waals surface area contributed by atoms with Crippen LogP contribution in [-0.4, -0.2) is 17.4 Å². The quantitative estimate of drug-likeness (QED) is 0.819. The van der Waals surface area contributed by atoms with Crippen LogP contribution < -0.4 is 5.32 Å². The van der Waals surface area contributed by atoms with Gasteiger partial charge < -0.3 is 5.32 Å². The van der Waals surface area contributed by atoms with Crippen LogP contribution in [0.25, 0.3) is 0 Å². The summed E-state index contributed by atoms with van der Waals surface area (Å²) in [6.45, 7) is 0.496. The molecule has 1 amide bonds. The van der Waals surface area contributed by atoms with Gasteiger partial charge >= 0.3 is 0 Å². The number of pyridine rings is 1. The number of hydrogen-bond acceptors (Lipinski definition) is 2. The molecule has 1 heterocycles. The molecule has 2 aromatic rings. The molecule has 0 radical (unpaired) electrons. The fraction of sp³-hybridized carbons (Fsp3) is 0.143. The third-order valence-electron chi connectivity index (χ3n) is 2.68. The van der Waals surface area contributed by atoms with E-state index in [1.54, 1.807) is 24.3 Å². The lowest BCUT2D eigenvalue weighted by Crippen LogP contribution is -2.25. The molecule has 0 unspecified atom stereocenters. The van der Waals surface area contributed by atoms with Crippen LogP contribution in [0.5, 0.6) is 0 Å². The summed E-state index contributed by atoms with van der Waals surface area (Å²) in [4.78, 5) is 15.9. The van der Waals surface area contributed by atoms with Gasteiger partial charge in [-0.2, -0.15) is 0 Å². The van der Waals surface area contributed by atoms with E-state index in [9.17, 15) is 4.79 Å². The van der Waals surface area contributed by atoms with Gasteiger partial charge in [0.25, 0.3) is 5.91 Å². The van der Waals surface area contributed by atoms with E-state index in [1.807, 2.05) is 6.07 Å². The van der Waals surface area contributed by atoms with Gasteiger partial charge in [-0.1, -0.05) is 29.3 Å². The van der Waals surface area contributed by atoms with Gasteiger partial charge in [0.2, 0.25) is 0 Å². The Morgan fingerprint density at radius 2 is 2.05 bits per heavy atom. The summed E-state index contributed by atoms with van der Waals surface area (Å²) in [6.07, 6.45) is 2.17. The first-order valence-electron chi connectivity index (χ1n) is 5.90. The molecule has 0 spiro atoms. The maximum absolute atomic E-state index is 11.9. The zero-order chi connectivity index (χ0) is 14.5. The summed E-state index contributed by atoms with van der Waals surface area (Å²) in [5, 5.41) is 4.03. The molecule has 0 aliphatic heterocycles. The Morgan fingerprint density at radius 1 is 1.25 bits per heavy atom. The molecule has 1 N–H and O–H groups in total. The molecule has 104 valence electrons. The number of halogens is 3. The predicted molar refractivity (Wildman–Crippen MR) is 84.4 cm³/mol. The highest BCUT2D eigenvalue weighted by Gasteiger charge is 2.06. The van der Waals surface area contributed by atoms with E-state index in [0.29, 0.717) is 33.2 Å². The number of aromatic nitrogens is 1. The van der Waals surface area contributed by atoms with E-state index in [0.717, 1.165) is 5.56 Å². The smallest absolute Gasteiger partial charge is 0.252 e. The Labute approximate surface area is 135 Å². The van der Waals surface area contributed by atoms with Crippen molar-refractivity contribution in [1.82, 2.24) is 10.3 Å². The Bertz CT molecular complexity index is 617. The van der Waals surface area contributed by atoms with E-state index in [2.05, 4.69) is 26.2 Å². The summed E-state index contributed by atoms with van der Waals surface area (Å²) in [5.41, 5.74) is 1.47. The van der Waals surface area contributed by atoms with E-state index in [1.165, 1.54) is 6.20 Å². The van der Waals surface area contributed by atoms with Gasteiger partial charge in [-0.25, -0.2) is 4.98 Å². The Morgan fingerprint density at radius 3 is 2.70 bits per heavy atom. The average Bonchev–Trinajstić information content (AvgIpc) is 2.42. The van der Waals surface area contributed by atoms with Crippen LogP contribution in [0, 0.1) is 0 Å². The number of benzene rings is 1. The molecule has 0 saturated heterocycles. The lowest BCUT2D eigenvalue weighted by molar-refractivity contribution is 0.0954. The summed E-state index contributed by atoms with van der Waals surface area (Å²) >= 11 is 15.1. The second-order valence-electron chi connectivity index (χ2n) is 4.11. The minimum Gasteiger partial charge on any atom is -0.352 e. The van der Waals surface area contributed by atoms with Crippen LogP contribution in [0.2, 0.25) is 10.0 Å². The van der Waals surface area contributed by atoms with Crippen LogP contribution in [-0.2, 0) is 6.42 Å². The minimum absolute atomic E-state index is 0.157. The van der Waals surface area contributed by atoms with Crippen LogP contribution >= 0.6 is 39.1 Å². The first kappa shape index (κ1) is 15.3. The molecule has 6 heteroatoms. The lowest BCUT2D eigenvalue weighted by atomic mass is 10.1. The van der Waals surface area contributed by atoms with Crippen molar-refractivity contribution >= 4 is 45.0 Å². The topological polar surface area (TPSA) is 42.0 Å². The third kappa shape index (κ3) is 4.20. The number of nitrogens with one attached hydrogen (secondary N) is 1. The normalized spacial score (nSPS) is 10.3. The van der Waals surface area contributed by atoms with E-state index in [-0.39, 0.29) is 5.91 Å². The summed E-state index contributed by atoms with van der Waals surface area (Å²) in [6, 6.07) is 8.77. The first-order valence-corrected chi connectivity index (χ1v) is 7.45. The highest BCUT2D eigenvalue weighted by molar-refractivity contribution is 9.10. The molecule has 0 saturated carbocycles. The first-order chi connectivity index (χ1) is 9.56. The maximum atomic E-state index is 11.9. The number of rotatable bonds is 4. The van der Waals surface area contributed by atoms with E-state index >= 15 is 0 Å². The van der Waals surface area contributed by atoms with Gasteiger partial charge in [0.05, 0.1) is 5.56 Å². The Hall–Kier alpha value is -1.10. The van der Waals surface area contributed by atoms with Crippen molar-refractivity contribution in [2.24, 2.45) is 0 Å². The molecule has 20 heavy (non-hydrogen) atoms. The minimum atomic E-state index is -0.157. The Kier molecular flexibility index (Phi) is 5.40. The van der Waals surface area contributed by atoms with Crippen molar-refractivity contribution in [3.63, 3.8) is 0 Å². The summed E-state index contributed by atoms with van der Waals surface area (Å²) in [7, 11) is 0. The molecule has 3 nitrogen and oxygen atoms in total. The van der Waals surface area contributed by atoms with Gasteiger partial charge in [0.15, 0.2) is 0 Å². The molecular weight excluding hydrogens is 363 g/mol. The van der Waals surface area contributed by atoms with E-state index < -0.39 is 0 Å². The van der Waals surface area contributed by atoms with Crippen molar-refractivity contribution in [3.8, 4) is 0 Å². The fourth-order valence-electron chi connectivity index (χ4n) is 1.65. The van der Waals surface area contributed by atoms with Crippen LogP contribution in [0.3, 0.4) is 0 Å². The van der Waals surface area contributed by atoms with Gasteiger partial charge in [0.1, 0.15) is 4.60 Å². The van der Waals surface area contributed by atoms with Gasteiger partial charge in [0, 0.05) is 22.8 Å². The maximum Gasteiger partial charge on any atom is 0.252 e. The van der Waals surface area contributed by atoms with Crippen molar-refractivity contribution in [2.75, 3.05) is 6.54 Å². The molecule has 0 atom stereocenters. The fourth-order valence-corrected chi connectivity index (χ4v) is 2.38. The van der Waals surface area contributed by atoms with Gasteiger partial charge in [-0.05, 0) is 52.2 Å². The average molecular weight is 374 g/mol. The van der Waals surface area contributed by atoms with Crippen LogP contribution in [0.1, 0.15) is 15.9 Å². The molecule has 0 aliphatic rings. The highest BCUT2D eigenvalue weighted by Crippen LogP contribution is 2.21. The summed E-state index contributed by atoms with van der Waals surface area (Å²) < 4.78 is 0.696. The van der Waals surface area contributed by atoms with E-state index in [4.69, 9.17) is 23.2 Å². The number of nitrogens with zero attached hydrogens (tertiary/aromatic N) is 1. The molecule has 0 fully saturated rings. The third-order valence-corrected chi connectivity index (χ3v) is 3.74. The number of amides is 1. The number of hydrogen-bond donors (Lipinski definition) is 1. The number of carbonyl (C=O) groups excluding carboxylic acids is 1. The molecule has 1 aromatic carbocycles. The SMILES string of the molecule is O=C(NCCc1ccc(Cl)cc1Cl)c1ccc(Br)nc1. The van der Waals surface area contributed by atoms with Crippen LogP contribution in [0.4, 0.5) is 0 Å². The summed E-state index contributed by atoms with van der Waals surface area (Å²) in [5.74, 6) is -0.157. The Balaban J connectivity index is 1.89. The van der Waals surface area contributed by atoms with Crippen molar-refractivity contribution in [3.05, 3.63) is 62.3 Å². The number of carbonyl (C=O) groups is 1. The lowest BCUT2D eigenvalue weighted by Gasteiger charge is -2.07. The molecule has 1 aromatic heterocycles. The highest BCUT2D eigenvalue weighted by atomic mass is 79.9. The van der Waals surface area contributed by atoms with Crippen LogP contribution in [0.15, 0.2) is 41.1 Å². The second-order valence-corrected chi connectivity index (χ2v) is 5.77. The van der Waals surface area contributed by atoms with Gasteiger partial charge in [-0.3, -0.25) is 4.79 Å². The van der Waals surface area contributed by atoms with Gasteiger partial charge in [-0.15, -0.1) is 0 Å². The van der Waals surface area contributed by atoms with Crippen molar-refractivity contribution in [1.29, 1.82) is 0 Å². The zero-order valence-electron chi connectivity index (χ0n) is 10.4. The standard InChI is InChI=1S/C14H11BrCl2N2O/c15-13-4-2-10(8-19-13)14(20)18-6-5-9-1-3-11(16)7-12(9)17/h1-4,7-8H,5-6H2,(H,18,20).